The van der Waals surface area contributed by atoms with Crippen LogP contribution in [-0.2, 0) is 32.8 Å². The van der Waals surface area contributed by atoms with Crippen LogP contribution < -0.4 is 14.4 Å². The van der Waals surface area contributed by atoms with Crippen molar-refractivity contribution in [2.24, 2.45) is 18.9 Å². The summed E-state index contributed by atoms with van der Waals surface area (Å²) in [5, 5.41) is 12.5. The summed E-state index contributed by atoms with van der Waals surface area (Å²) < 4.78 is 89.9. The van der Waals surface area contributed by atoms with Gasteiger partial charge < -0.3 is 19.7 Å². The molecule has 3 aromatic carbocycles. The Kier molecular flexibility index (Phi) is 8.14. The van der Waals surface area contributed by atoms with Crippen molar-refractivity contribution in [1.29, 1.82) is 0 Å². The number of fused-ring (bicyclic) bond motifs is 2. The first-order valence-corrected chi connectivity index (χ1v) is 16.2. The monoisotopic (exact) mass is 674 g/mol. The number of nitrogens with zero attached hydrogens (tertiary/aromatic N) is 3. The molecular weight excluding hydrogens is 644 g/mol. The topological polar surface area (TPSA) is 131 Å². The molecule has 1 aliphatic heterocycles. The number of carbonyl (C=O) groups is 2. The summed E-state index contributed by atoms with van der Waals surface area (Å²) in [6.45, 7) is 1.90. The molecule has 10 nitrogen and oxygen atoms in total. The molecule has 248 valence electrons. The first-order chi connectivity index (χ1) is 22.2. The molecule has 1 aromatic heterocycles. The second-order valence-electron chi connectivity index (χ2n) is 11.7. The van der Waals surface area contributed by atoms with E-state index < -0.39 is 62.9 Å². The van der Waals surface area contributed by atoms with Gasteiger partial charge >= 0.3 is 12.1 Å². The van der Waals surface area contributed by atoms with Crippen molar-refractivity contribution in [2.75, 3.05) is 22.8 Å². The third-order valence-corrected chi connectivity index (χ3v) is 10.8. The van der Waals surface area contributed by atoms with E-state index in [1.807, 2.05) is 18.5 Å². The zero-order chi connectivity index (χ0) is 33.8. The van der Waals surface area contributed by atoms with Gasteiger partial charge in [0.1, 0.15) is 24.0 Å². The van der Waals surface area contributed by atoms with Crippen LogP contribution in [0.4, 0.5) is 28.9 Å². The number of imidazole rings is 1. The molecule has 0 bridgehead atoms. The normalized spacial score (nSPS) is 20.0. The highest BCUT2D eigenvalue weighted by Gasteiger charge is 2.44. The summed E-state index contributed by atoms with van der Waals surface area (Å²) in [4.78, 5) is 30.3. The number of carboxylic acids is 1. The molecule has 0 spiro atoms. The lowest BCUT2D eigenvalue weighted by Gasteiger charge is -2.36. The molecule has 47 heavy (non-hydrogen) atoms. The van der Waals surface area contributed by atoms with Crippen LogP contribution >= 0.6 is 0 Å². The van der Waals surface area contributed by atoms with Gasteiger partial charge in [0.05, 0.1) is 51.2 Å². The van der Waals surface area contributed by atoms with E-state index in [1.165, 1.54) is 16.4 Å². The Balaban J connectivity index is 1.26. The number of carbonyl (C=O) groups excluding carboxylic acids is 1. The Morgan fingerprint density at radius 2 is 1.83 bits per heavy atom. The largest absolute Gasteiger partial charge is 0.489 e. The maximum atomic E-state index is 14.5. The first kappa shape index (κ1) is 32.3. The number of halogens is 4. The van der Waals surface area contributed by atoms with E-state index in [-0.39, 0.29) is 42.0 Å². The Hall–Kier alpha value is -4.66. The Bertz CT molecular complexity index is 2010. The summed E-state index contributed by atoms with van der Waals surface area (Å²) in [5.74, 6) is -5.50. The maximum Gasteiger partial charge on any atom is 0.416 e. The van der Waals surface area contributed by atoms with Gasteiger partial charge in [-0.05, 0) is 79.8 Å². The smallest absolute Gasteiger partial charge is 0.416 e. The summed E-state index contributed by atoms with van der Waals surface area (Å²) in [6, 6.07) is 11.2. The average molecular weight is 675 g/mol. The van der Waals surface area contributed by atoms with Crippen LogP contribution in [-0.4, -0.2) is 48.1 Å². The maximum absolute atomic E-state index is 14.5. The number of alkyl halides is 3. The van der Waals surface area contributed by atoms with Crippen molar-refractivity contribution in [3.63, 3.8) is 0 Å². The van der Waals surface area contributed by atoms with Gasteiger partial charge in [-0.15, -0.1) is 0 Å². The van der Waals surface area contributed by atoms with E-state index in [9.17, 15) is 40.7 Å². The number of rotatable bonds is 6. The number of anilines is 2. The summed E-state index contributed by atoms with van der Waals surface area (Å²) in [7, 11) is -2.20. The van der Waals surface area contributed by atoms with Crippen molar-refractivity contribution >= 4 is 44.3 Å². The number of ether oxygens (including phenoxy) is 1. The van der Waals surface area contributed by atoms with Crippen LogP contribution in [0.3, 0.4) is 0 Å². The lowest BCUT2D eigenvalue weighted by molar-refractivity contribution is -0.148. The van der Waals surface area contributed by atoms with E-state index in [0.29, 0.717) is 30.0 Å². The van der Waals surface area contributed by atoms with Gasteiger partial charge in [-0.1, -0.05) is 12.5 Å². The molecule has 0 radical (unpaired) electrons. The van der Waals surface area contributed by atoms with E-state index in [0.717, 1.165) is 17.4 Å². The van der Waals surface area contributed by atoms with Crippen molar-refractivity contribution < 1.29 is 45.4 Å². The van der Waals surface area contributed by atoms with E-state index in [1.54, 1.807) is 24.3 Å². The summed E-state index contributed by atoms with van der Waals surface area (Å²) >= 11 is 0. The number of aromatic nitrogens is 2. The number of aliphatic carboxylic acids is 1. The molecule has 1 saturated carbocycles. The second-order valence-corrected chi connectivity index (χ2v) is 13.6. The molecule has 15 heteroatoms. The highest BCUT2D eigenvalue weighted by atomic mass is 32.2. The van der Waals surface area contributed by atoms with Crippen LogP contribution in [0.5, 0.6) is 5.75 Å². The second kappa shape index (κ2) is 11.9. The van der Waals surface area contributed by atoms with Crippen LogP contribution in [0, 0.1) is 24.6 Å². The highest BCUT2D eigenvalue weighted by molar-refractivity contribution is 7.92. The quantitative estimate of drug-likeness (QED) is 0.246. The zero-order valence-electron chi connectivity index (χ0n) is 25.2. The molecular formula is C32H30F4N4O6S. The van der Waals surface area contributed by atoms with Crippen molar-refractivity contribution in [3.05, 3.63) is 77.4 Å². The molecule has 0 unspecified atom stereocenters. The van der Waals surface area contributed by atoms with Gasteiger partial charge in [-0.3, -0.25) is 13.9 Å². The van der Waals surface area contributed by atoms with Gasteiger partial charge in [0.2, 0.25) is 5.91 Å². The average Bonchev–Trinajstić information content (AvgIpc) is 3.32. The molecule has 1 fully saturated rings. The molecule has 6 rings (SSSR count). The lowest BCUT2D eigenvalue weighted by atomic mass is 9.69. The fraction of sp³-hybridized carbons (Fsp3) is 0.344. The van der Waals surface area contributed by atoms with Crippen molar-refractivity contribution in [2.45, 2.75) is 43.2 Å². The zero-order valence-corrected chi connectivity index (χ0v) is 26.0. The summed E-state index contributed by atoms with van der Waals surface area (Å²) in [5.41, 5.74) is 0.387. The lowest BCUT2D eigenvalue weighted by Crippen LogP contribution is -2.40. The van der Waals surface area contributed by atoms with Gasteiger partial charge in [-0.25, -0.2) is 17.8 Å². The predicted octanol–water partition coefficient (Wildman–Crippen LogP) is 5.85. The Labute approximate surface area is 267 Å². The minimum absolute atomic E-state index is 0.0391. The predicted molar refractivity (Wildman–Crippen MR) is 163 cm³/mol. The van der Waals surface area contributed by atoms with Crippen LogP contribution in [0.1, 0.15) is 42.1 Å². The number of amides is 1. The number of hydrogen-bond acceptors (Lipinski definition) is 6. The minimum atomic E-state index is -4.78. The number of aryl methyl sites for hydroxylation is 2. The Morgan fingerprint density at radius 3 is 2.53 bits per heavy atom. The third kappa shape index (κ3) is 5.88. The fourth-order valence-electron chi connectivity index (χ4n) is 6.51. The number of sulfonamides is 1. The molecule has 4 aromatic rings. The molecule has 0 saturated heterocycles. The number of nitrogens with one attached hydrogen (secondary N) is 1. The van der Waals surface area contributed by atoms with Crippen LogP contribution in [0.2, 0.25) is 0 Å². The van der Waals surface area contributed by atoms with Crippen LogP contribution in [0.25, 0.3) is 11.0 Å². The van der Waals surface area contributed by atoms with E-state index >= 15 is 0 Å². The number of hydrogen-bond donors (Lipinski definition) is 2. The molecule has 1 aliphatic carbocycles. The Morgan fingerprint density at radius 1 is 1.06 bits per heavy atom. The van der Waals surface area contributed by atoms with E-state index in [4.69, 9.17) is 4.74 Å². The van der Waals surface area contributed by atoms with Crippen molar-refractivity contribution in [3.8, 4) is 5.75 Å². The number of carboxylic acid groups (broad SMARTS) is 1. The molecule has 3 atom stereocenters. The molecule has 2 N–H and O–H groups in total. The van der Waals surface area contributed by atoms with Gasteiger partial charge in [0, 0.05) is 7.05 Å². The number of benzene rings is 3. The molecule has 2 heterocycles. The van der Waals surface area contributed by atoms with Crippen LogP contribution in [0.15, 0.2) is 59.5 Å². The van der Waals surface area contributed by atoms with Crippen molar-refractivity contribution in [1.82, 2.24) is 9.55 Å². The molecule has 2 aliphatic rings. The molecule has 1 amide bonds. The minimum Gasteiger partial charge on any atom is -0.489 e. The standard InChI is InChI=1S/C32H30F4N4O6S/c1-17-37-25-16-20(8-11-26(25)39(17)2)47(44,45)40-12-13-46-28-14-18(6-10-27(28)40)21-4-3-5-22(29(21)31(42)43)30(41)38-24-9-7-19(15-23(24)33)32(34,35)36/h6-11,14-16,21-22,29H,3-5,12-13H2,1-2H3,(H,38,41)(H,42,43)/t21-,22-,29-/m1/s1. The highest BCUT2D eigenvalue weighted by Crippen LogP contribution is 2.45. The van der Waals surface area contributed by atoms with Gasteiger partial charge in [0.15, 0.2) is 0 Å². The van der Waals surface area contributed by atoms with Gasteiger partial charge in [0.25, 0.3) is 10.0 Å². The SMILES string of the molecule is Cc1nc2cc(S(=O)(=O)N3CCOc4cc([C@H]5CCC[C@@H](C(=O)Nc6ccc(C(F)(F)F)cc6F)[C@@H]5C(=O)O)ccc43)ccc2n1C. The van der Waals surface area contributed by atoms with Gasteiger partial charge in [-0.2, -0.15) is 13.2 Å². The third-order valence-electron chi connectivity index (χ3n) is 8.97. The first-order valence-electron chi connectivity index (χ1n) is 14.8. The van der Waals surface area contributed by atoms with E-state index in [2.05, 4.69) is 10.3 Å². The summed E-state index contributed by atoms with van der Waals surface area (Å²) in [6.07, 6.45) is -3.79. The fourth-order valence-corrected chi connectivity index (χ4v) is 7.99.